The van der Waals surface area contributed by atoms with Gasteiger partial charge in [0, 0.05) is 0 Å². The molecule has 98 valence electrons. The van der Waals surface area contributed by atoms with E-state index < -0.39 is 28.4 Å². The molecular weight excluding hydrogens is 262 g/mol. The smallest absolute Gasteiger partial charge is 0.469 e. The average Bonchev–Trinajstić information content (AvgIpc) is 2.06. The zero-order valence-corrected chi connectivity index (χ0v) is 10.4. The number of rotatable bonds is 8. The third-order valence-corrected chi connectivity index (χ3v) is 2.63. The summed E-state index contributed by atoms with van der Waals surface area (Å²) in [4.78, 5) is 37.5. The van der Waals surface area contributed by atoms with Crippen molar-refractivity contribution >= 4 is 15.6 Å². The predicted octanol–water partition coefficient (Wildman–Crippen LogP) is -0.500. The van der Waals surface area contributed by atoms with E-state index >= 15 is 0 Å². The minimum Gasteiger partial charge on any atom is -0.790 e. The lowest BCUT2D eigenvalue weighted by atomic mass is 10.2. The van der Waals surface area contributed by atoms with E-state index in [0.717, 1.165) is 6.42 Å². The fraction of sp³-hybridized carbons (Fsp3) is 1.00. The van der Waals surface area contributed by atoms with E-state index in [2.05, 4.69) is 9.05 Å². The molecule has 0 saturated carbocycles. The monoisotopic (exact) mass is 276 g/mol. The first-order valence-corrected chi connectivity index (χ1v) is 7.53. The third-order valence-electron chi connectivity index (χ3n) is 1.59. The van der Waals surface area contributed by atoms with Crippen LogP contribution < -0.4 is 9.79 Å². The van der Waals surface area contributed by atoms with Gasteiger partial charge in [-0.05, 0) is 6.42 Å². The molecule has 8 nitrogen and oxygen atoms in total. The lowest BCUT2D eigenvalue weighted by Gasteiger charge is -2.33. The number of unbranched alkanes of at least 4 members (excludes halogenated alkanes) is 1. The molecule has 0 radical (unpaired) electrons. The Morgan fingerprint density at radius 2 is 1.88 bits per heavy atom. The maximum Gasteiger partial charge on any atom is 0.469 e. The Hall–Kier alpha value is 0.220. The highest BCUT2D eigenvalue weighted by Gasteiger charge is 2.19. The minimum absolute atomic E-state index is 0.172. The Kier molecular flexibility index (Phi) is 6.93. The van der Waals surface area contributed by atoms with Crippen molar-refractivity contribution < 1.29 is 37.8 Å². The second-order valence-corrected chi connectivity index (χ2v) is 5.45. The van der Waals surface area contributed by atoms with Crippen LogP contribution in [0.4, 0.5) is 0 Å². The number of hydrogen-bond acceptors (Lipinski definition) is 6. The lowest BCUT2D eigenvalue weighted by molar-refractivity contribution is -0.345. The van der Waals surface area contributed by atoms with Gasteiger partial charge < -0.3 is 28.7 Å². The summed E-state index contributed by atoms with van der Waals surface area (Å²) >= 11 is 0. The molecule has 0 amide bonds. The van der Waals surface area contributed by atoms with Crippen molar-refractivity contribution in [2.45, 2.75) is 32.3 Å². The van der Waals surface area contributed by atoms with E-state index in [1.807, 2.05) is 6.92 Å². The van der Waals surface area contributed by atoms with Gasteiger partial charge in [-0.25, -0.2) is 4.57 Å². The fourth-order valence-corrected chi connectivity index (χ4v) is 1.85. The van der Waals surface area contributed by atoms with Gasteiger partial charge >= 0.3 is 7.82 Å². The molecule has 16 heavy (non-hydrogen) atoms. The van der Waals surface area contributed by atoms with Gasteiger partial charge in [-0.1, -0.05) is 19.8 Å². The van der Waals surface area contributed by atoms with Gasteiger partial charge in [0.2, 0.25) is 0 Å². The highest BCUT2D eigenvalue weighted by molar-refractivity contribution is 7.46. The van der Waals surface area contributed by atoms with Gasteiger partial charge in [-0.15, -0.1) is 0 Å². The Bertz CT molecular complexity index is 280. The molecule has 10 heteroatoms. The van der Waals surface area contributed by atoms with Gasteiger partial charge in [0.1, 0.15) is 0 Å². The van der Waals surface area contributed by atoms with Crippen molar-refractivity contribution in [3.63, 3.8) is 0 Å². The van der Waals surface area contributed by atoms with Crippen LogP contribution in [0.2, 0.25) is 0 Å². The third kappa shape index (κ3) is 10.7. The molecule has 0 aromatic rings. The average molecular weight is 276 g/mol. The molecule has 0 fully saturated rings. The summed E-state index contributed by atoms with van der Waals surface area (Å²) in [5.74, 6) is 0. The second-order valence-electron chi connectivity index (χ2n) is 3.10. The molecule has 0 heterocycles. The number of phosphoric acid groups is 2. The van der Waals surface area contributed by atoms with Crippen molar-refractivity contribution in [1.29, 1.82) is 0 Å². The highest BCUT2D eigenvalue weighted by Crippen LogP contribution is 2.37. The summed E-state index contributed by atoms with van der Waals surface area (Å²) in [6.07, 6.45) is 0.284. The molecule has 0 aliphatic rings. The second kappa shape index (κ2) is 6.83. The standard InChI is InChI=1S/C6H16O8P2/c1-2-3-4-6(14-16(10,11)12)5-13-15(7,8)9/h6H,2-5H2,1H3,(H2,7,8,9)(H2,10,11,12)/p-2. The molecule has 1 unspecified atom stereocenters. The topological polar surface area (TPSA) is 139 Å². The molecule has 0 aromatic carbocycles. The first-order chi connectivity index (χ1) is 7.14. The maximum absolute atomic E-state index is 10.4. The summed E-state index contributed by atoms with van der Waals surface area (Å²) in [5, 5.41) is 0. The Morgan fingerprint density at radius 3 is 2.25 bits per heavy atom. The Labute approximate surface area is 93.1 Å². The predicted molar refractivity (Wildman–Crippen MR) is 50.0 cm³/mol. The Morgan fingerprint density at radius 1 is 1.31 bits per heavy atom. The molecule has 0 bridgehead atoms. The van der Waals surface area contributed by atoms with Crippen molar-refractivity contribution in [2.24, 2.45) is 0 Å². The van der Waals surface area contributed by atoms with Crippen LogP contribution in [0.15, 0.2) is 0 Å². The summed E-state index contributed by atoms with van der Waals surface area (Å²) in [5.41, 5.74) is 0. The fourth-order valence-electron chi connectivity index (χ4n) is 0.961. The van der Waals surface area contributed by atoms with Crippen LogP contribution in [0, 0.1) is 0 Å². The van der Waals surface area contributed by atoms with Crippen molar-refractivity contribution in [1.82, 2.24) is 0 Å². The van der Waals surface area contributed by atoms with E-state index in [1.165, 1.54) is 0 Å². The molecule has 0 spiro atoms. The molecule has 0 rings (SSSR count). The van der Waals surface area contributed by atoms with Crippen molar-refractivity contribution in [3.05, 3.63) is 0 Å². The molecular formula is C6H14O8P2-2. The quantitative estimate of drug-likeness (QED) is 0.565. The van der Waals surface area contributed by atoms with Gasteiger partial charge in [-0.2, -0.15) is 0 Å². The van der Waals surface area contributed by atoms with E-state index in [4.69, 9.17) is 9.79 Å². The van der Waals surface area contributed by atoms with Crippen molar-refractivity contribution in [3.8, 4) is 0 Å². The SMILES string of the molecule is CCCCC(COP(=O)(O)O)OP(=O)([O-])[O-]. The molecule has 0 aliphatic heterocycles. The molecule has 0 aliphatic carbocycles. The molecule has 1 atom stereocenters. The largest absolute Gasteiger partial charge is 0.790 e. The summed E-state index contributed by atoms with van der Waals surface area (Å²) < 4.78 is 28.9. The number of hydrogen-bond donors (Lipinski definition) is 2. The van der Waals surface area contributed by atoms with Crippen LogP contribution in [-0.4, -0.2) is 22.5 Å². The summed E-state index contributed by atoms with van der Waals surface area (Å²) in [6.45, 7) is 1.19. The van der Waals surface area contributed by atoms with Crippen LogP contribution in [0.1, 0.15) is 26.2 Å². The van der Waals surface area contributed by atoms with Gasteiger partial charge in [0.15, 0.2) is 0 Å². The maximum atomic E-state index is 10.4. The lowest BCUT2D eigenvalue weighted by Crippen LogP contribution is -2.26. The van der Waals surface area contributed by atoms with Gasteiger partial charge in [0.05, 0.1) is 20.5 Å². The minimum atomic E-state index is -5.18. The first kappa shape index (κ1) is 16.2. The van der Waals surface area contributed by atoms with Crippen molar-refractivity contribution in [2.75, 3.05) is 6.61 Å². The highest BCUT2D eigenvalue weighted by atomic mass is 31.2. The van der Waals surface area contributed by atoms with E-state index in [9.17, 15) is 18.9 Å². The van der Waals surface area contributed by atoms with Gasteiger partial charge in [-0.3, -0.25) is 4.52 Å². The number of phosphoric ester groups is 2. The van der Waals surface area contributed by atoms with E-state index in [-0.39, 0.29) is 6.42 Å². The van der Waals surface area contributed by atoms with Crippen LogP contribution in [0.25, 0.3) is 0 Å². The van der Waals surface area contributed by atoms with Crippen LogP contribution in [-0.2, 0) is 18.2 Å². The Balaban J connectivity index is 4.21. The van der Waals surface area contributed by atoms with Crippen LogP contribution in [0.3, 0.4) is 0 Å². The molecule has 0 saturated heterocycles. The molecule has 2 N–H and O–H groups in total. The molecule has 0 aromatic heterocycles. The summed E-state index contributed by atoms with van der Waals surface area (Å²) in [6, 6.07) is 0. The van der Waals surface area contributed by atoms with Crippen LogP contribution in [0.5, 0.6) is 0 Å². The van der Waals surface area contributed by atoms with E-state index in [0.29, 0.717) is 6.42 Å². The zero-order chi connectivity index (χ0) is 12.8. The zero-order valence-electron chi connectivity index (χ0n) is 8.64. The van der Waals surface area contributed by atoms with Crippen LogP contribution >= 0.6 is 15.6 Å². The van der Waals surface area contributed by atoms with E-state index in [1.54, 1.807) is 0 Å². The normalized spacial score (nSPS) is 15.1. The first-order valence-electron chi connectivity index (χ1n) is 4.54. The summed E-state index contributed by atoms with van der Waals surface area (Å²) in [7, 11) is -9.87. The van der Waals surface area contributed by atoms with Gasteiger partial charge in [0.25, 0.3) is 0 Å².